The van der Waals surface area contributed by atoms with Gasteiger partial charge >= 0.3 is 0 Å². The lowest BCUT2D eigenvalue weighted by atomic mass is 9.90. The number of carbonyl (C=O) groups excluding carboxylic acids is 1. The number of ether oxygens (including phenoxy) is 2. The van der Waals surface area contributed by atoms with E-state index in [9.17, 15) is 13.2 Å². The largest absolute Gasteiger partial charge is 0.497 e. The van der Waals surface area contributed by atoms with Gasteiger partial charge in [-0.05, 0) is 43.7 Å². The molecule has 1 aliphatic heterocycles. The summed E-state index contributed by atoms with van der Waals surface area (Å²) in [4.78, 5) is 12.8. The molecular weight excluding hydrogens is 440 g/mol. The van der Waals surface area contributed by atoms with E-state index in [0.29, 0.717) is 31.3 Å². The van der Waals surface area contributed by atoms with Crippen molar-refractivity contribution < 1.29 is 22.7 Å². The molecule has 7 nitrogen and oxygen atoms in total. The highest BCUT2D eigenvalue weighted by molar-refractivity contribution is 7.89. The molecule has 1 amide bonds. The summed E-state index contributed by atoms with van der Waals surface area (Å²) in [5.41, 5.74) is 0. The van der Waals surface area contributed by atoms with Crippen molar-refractivity contribution in [1.82, 2.24) is 9.62 Å². The van der Waals surface area contributed by atoms with Gasteiger partial charge in [0.2, 0.25) is 15.9 Å². The summed E-state index contributed by atoms with van der Waals surface area (Å²) in [5, 5.41) is 3.15. The molecule has 2 fully saturated rings. The third kappa shape index (κ3) is 7.60. The van der Waals surface area contributed by atoms with Crippen molar-refractivity contribution in [2.45, 2.75) is 77.5 Å². The van der Waals surface area contributed by atoms with Gasteiger partial charge in [-0.25, -0.2) is 8.42 Å². The van der Waals surface area contributed by atoms with Crippen LogP contribution in [0.25, 0.3) is 0 Å². The molecule has 1 aromatic rings. The van der Waals surface area contributed by atoms with E-state index in [2.05, 4.69) is 5.32 Å². The van der Waals surface area contributed by atoms with E-state index >= 15 is 0 Å². The van der Waals surface area contributed by atoms with Crippen molar-refractivity contribution >= 4 is 15.9 Å². The quantitative estimate of drug-likeness (QED) is 0.598. The minimum atomic E-state index is -3.64. The molecule has 190 valence electrons. The van der Waals surface area contributed by atoms with Crippen LogP contribution >= 0.6 is 0 Å². The van der Waals surface area contributed by atoms with Crippen LogP contribution in [0, 0.1) is 11.8 Å². The average Bonchev–Trinajstić information content (AvgIpc) is 2.77. The minimum absolute atomic E-state index is 0. The zero-order valence-corrected chi connectivity index (χ0v) is 19.6. The van der Waals surface area contributed by atoms with Crippen LogP contribution in [-0.2, 0) is 14.8 Å². The molecule has 0 aromatic heterocycles. The minimum Gasteiger partial charge on any atom is -0.497 e. The molecule has 1 saturated heterocycles. The highest BCUT2D eigenvalue weighted by Gasteiger charge is 2.32. The first-order valence-electron chi connectivity index (χ1n) is 11.5. The monoisotopic (exact) mass is 484 g/mol. The fourth-order valence-electron chi connectivity index (χ4n) is 4.59. The van der Waals surface area contributed by atoms with Crippen LogP contribution in [0.1, 0.15) is 72.6 Å². The number of rotatable bonds is 7. The lowest BCUT2D eigenvalue weighted by Crippen LogP contribution is -2.42. The second-order valence-electron chi connectivity index (χ2n) is 8.65. The van der Waals surface area contributed by atoms with Gasteiger partial charge in [0.15, 0.2) is 0 Å². The molecule has 1 aromatic carbocycles. The van der Waals surface area contributed by atoms with Crippen molar-refractivity contribution in [2.75, 3.05) is 33.9 Å². The van der Waals surface area contributed by atoms with E-state index in [-0.39, 0.29) is 37.3 Å². The Labute approximate surface area is 201 Å². The molecule has 0 bridgehead atoms. The number of benzene rings is 1. The summed E-state index contributed by atoms with van der Waals surface area (Å²) in [6.45, 7) is 1.53. The summed E-state index contributed by atoms with van der Waals surface area (Å²) in [6.07, 6.45) is 9.50. The normalized spacial score (nSPS) is 18.7. The molecule has 1 N–H and O–H groups in total. The van der Waals surface area contributed by atoms with Gasteiger partial charge < -0.3 is 14.8 Å². The Morgan fingerprint density at radius 1 is 0.970 bits per heavy atom. The molecule has 2 aliphatic rings. The Bertz CT molecular complexity index is 827. The Morgan fingerprint density at radius 3 is 2.15 bits per heavy atom. The predicted molar refractivity (Wildman–Crippen MR) is 133 cm³/mol. The number of carbonyl (C=O) groups is 1. The lowest BCUT2D eigenvalue weighted by Gasteiger charge is -2.32. The van der Waals surface area contributed by atoms with Crippen LogP contribution in [0.5, 0.6) is 11.5 Å². The molecular formula is C25H44N2O5S. The zero-order chi connectivity index (χ0) is 22.3. The fourth-order valence-corrected chi connectivity index (χ4v) is 6.19. The van der Waals surface area contributed by atoms with Crippen LogP contribution < -0.4 is 14.8 Å². The molecule has 8 heteroatoms. The SMILES string of the molecule is C.C.COc1ccc(S(=O)(=O)N2CCC(CNC(=O)C3CCCCCCC3)CC2)c(OC)c1. The Morgan fingerprint density at radius 2 is 1.58 bits per heavy atom. The van der Waals surface area contributed by atoms with Gasteiger partial charge in [0.1, 0.15) is 16.4 Å². The van der Waals surface area contributed by atoms with E-state index in [1.807, 2.05) is 0 Å². The fraction of sp³-hybridized carbons (Fsp3) is 0.720. The number of hydrogen-bond donors (Lipinski definition) is 1. The lowest BCUT2D eigenvalue weighted by molar-refractivity contribution is -0.125. The second kappa shape index (κ2) is 13.8. The summed E-state index contributed by atoms with van der Waals surface area (Å²) < 4.78 is 38.3. The van der Waals surface area contributed by atoms with Gasteiger partial charge in [0.25, 0.3) is 0 Å². The number of amides is 1. The molecule has 0 radical (unpaired) electrons. The topological polar surface area (TPSA) is 84.9 Å². The van der Waals surface area contributed by atoms with Gasteiger partial charge in [0.05, 0.1) is 14.2 Å². The average molecular weight is 485 g/mol. The van der Waals surface area contributed by atoms with Gasteiger partial charge in [0, 0.05) is 31.6 Å². The van der Waals surface area contributed by atoms with Crippen LogP contribution in [0.4, 0.5) is 0 Å². The number of sulfonamides is 1. The first kappa shape index (κ1) is 29.2. The maximum atomic E-state index is 13.1. The Balaban J connectivity index is 0.00000272. The van der Waals surface area contributed by atoms with Crippen LogP contribution in [-0.4, -0.2) is 52.5 Å². The van der Waals surface area contributed by atoms with E-state index in [0.717, 1.165) is 38.5 Å². The van der Waals surface area contributed by atoms with Crippen molar-refractivity contribution in [3.63, 3.8) is 0 Å². The Kier molecular flexibility index (Phi) is 12.2. The molecule has 3 rings (SSSR count). The smallest absolute Gasteiger partial charge is 0.246 e. The Hall–Kier alpha value is -1.80. The molecule has 1 heterocycles. The first-order valence-corrected chi connectivity index (χ1v) is 12.9. The van der Waals surface area contributed by atoms with Crippen LogP contribution in [0.15, 0.2) is 23.1 Å². The van der Waals surface area contributed by atoms with Gasteiger partial charge in [-0.15, -0.1) is 0 Å². The van der Waals surface area contributed by atoms with Crippen molar-refractivity contribution in [1.29, 1.82) is 0 Å². The molecule has 0 unspecified atom stereocenters. The van der Waals surface area contributed by atoms with Crippen molar-refractivity contribution in [3.8, 4) is 11.5 Å². The van der Waals surface area contributed by atoms with Crippen molar-refractivity contribution in [2.24, 2.45) is 11.8 Å². The number of methoxy groups -OCH3 is 2. The van der Waals surface area contributed by atoms with Crippen LogP contribution in [0.3, 0.4) is 0 Å². The molecule has 33 heavy (non-hydrogen) atoms. The molecule has 0 spiro atoms. The number of hydrogen-bond acceptors (Lipinski definition) is 5. The third-order valence-electron chi connectivity index (χ3n) is 6.60. The van der Waals surface area contributed by atoms with Gasteiger partial charge in [-0.1, -0.05) is 47.0 Å². The molecule has 1 saturated carbocycles. The zero-order valence-electron chi connectivity index (χ0n) is 18.8. The molecule has 0 atom stereocenters. The number of nitrogens with zero attached hydrogens (tertiary/aromatic N) is 1. The van der Waals surface area contributed by atoms with Gasteiger partial charge in [-0.3, -0.25) is 4.79 Å². The number of piperidine rings is 1. The molecule has 1 aliphatic carbocycles. The predicted octanol–water partition coefficient (Wildman–Crippen LogP) is 4.85. The van der Waals surface area contributed by atoms with E-state index in [1.54, 1.807) is 12.1 Å². The highest BCUT2D eigenvalue weighted by Crippen LogP contribution is 2.32. The summed E-state index contributed by atoms with van der Waals surface area (Å²) in [5.74, 6) is 1.47. The standard InChI is InChI=1S/C23H36N2O5S.2CH4/c1-29-20-10-11-22(21(16-20)30-2)31(27,28)25-14-12-18(13-15-25)17-24-23(26)19-8-6-4-3-5-7-9-19;;/h10-11,16,18-19H,3-9,12-15,17H2,1-2H3,(H,24,26);2*1H4. The maximum Gasteiger partial charge on any atom is 0.246 e. The third-order valence-corrected chi connectivity index (χ3v) is 8.54. The highest BCUT2D eigenvalue weighted by atomic mass is 32.2. The maximum absolute atomic E-state index is 13.1. The van der Waals surface area contributed by atoms with E-state index < -0.39 is 10.0 Å². The second-order valence-corrected chi connectivity index (χ2v) is 10.6. The summed E-state index contributed by atoms with van der Waals surface area (Å²) >= 11 is 0. The number of nitrogens with one attached hydrogen (secondary N) is 1. The van der Waals surface area contributed by atoms with E-state index in [1.165, 1.54) is 43.9 Å². The first-order chi connectivity index (χ1) is 15.0. The van der Waals surface area contributed by atoms with Gasteiger partial charge in [-0.2, -0.15) is 4.31 Å². The van der Waals surface area contributed by atoms with Crippen molar-refractivity contribution in [3.05, 3.63) is 18.2 Å². The summed E-state index contributed by atoms with van der Waals surface area (Å²) in [6, 6.07) is 4.76. The van der Waals surface area contributed by atoms with E-state index in [4.69, 9.17) is 9.47 Å². The van der Waals surface area contributed by atoms with Crippen LogP contribution in [0.2, 0.25) is 0 Å². The summed E-state index contributed by atoms with van der Waals surface area (Å²) in [7, 11) is -0.655.